The second-order valence-corrected chi connectivity index (χ2v) is 7.10. The molecule has 0 fully saturated rings. The highest BCUT2D eigenvalue weighted by Gasteiger charge is 2.15. The molecule has 2 rings (SSSR count). The van der Waals surface area contributed by atoms with Gasteiger partial charge in [0.1, 0.15) is 5.60 Å². The zero-order chi connectivity index (χ0) is 19.7. The molecule has 0 radical (unpaired) electrons. The van der Waals surface area contributed by atoms with Crippen molar-refractivity contribution in [2.75, 3.05) is 18.4 Å². The Bertz CT molecular complexity index is 738. The topological polar surface area (TPSA) is 79.5 Å². The van der Waals surface area contributed by atoms with E-state index in [0.29, 0.717) is 18.7 Å². The standard InChI is InChI=1S/C21H27N3O3/c1-21(2,3)27-20(26)23-14-13-22-19(25)17-9-11-18(12-10-17)24-15-16-7-5-4-6-8-16/h4-12,24H,13-15H2,1-3H3,(H,22,25)(H,23,26). The van der Waals surface area contributed by atoms with Gasteiger partial charge in [-0.1, -0.05) is 30.3 Å². The van der Waals surface area contributed by atoms with Crippen LogP contribution in [0.3, 0.4) is 0 Å². The van der Waals surface area contributed by atoms with Crippen molar-refractivity contribution in [3.63, 3.8) is 0 Å². The molecule has 6 nitrogen and oxygen atoms in total. The third-order valence-corrected chi connectivity index (χ3v) is 3.57. The van der Waals surface area contributed by atoms with Crippen molar-refractivity contribution >= 4 is 17.7 Å². The molecule has 0 saturated carbocycles. The van der Waals surface area contributed by atoms with E-state index in [2.05, 4.69) is 28.1 Å². The number of hydrogen-bond donors (Lipinski definition) is 3. The van der Waals surface area contributed by atoms with E-state index in [0.717, 1.165) is 12.2 Å². The molecule has 2 aromatic rings. The van der Waals surface area contributed by atoms with E-state index in [-0.39, 0.29) is 5.91 Å². The summed E-state index contributed by atoms with van der Waals surface area (Å²) in [7, 11) is 0. The largest absolute Gasteiger partial charge is 0.444 e. The van der Waals surface area contributed by atoms with Gasteiger partial charge in [-0.25, -0.2) is 4.79 Å². The molecule has 6 heteroatoms. The maximum absolute atomic E-state index is 12.1. The maximum Gasteiger partial charge on any atom is 0.407 e. The molecule has 3 N–H and O–H groups in total. The normalized spacial score (nSPS) is 10.8. The van der Waals surface area contributed by atoms with Gasteiger partial charge in [0.15, 0.2) is 0 Å². The van der Waals surface area contributed by atoms with Crippen LogP contribution in [0.15, 0.2) is 54.6 Å². The van der Waals surface area contributed by atoms with Crippen molar-refractivity contribution in [2.45, 2.75) is 32.9 Å². The van der Waals surface area contributed by atoms with E-state index in [1.165, 1.54) is 5.56 Å². The fourth-order valence-electron chi connectivity index (χ4n) is 2.30. The third kappa shape index (κ3) is 7.81. The van der Waals surface area contributed by atoms with Crippen LogP contribution in [0.4, 0.5) is 10.5 Å². The monoisotopic (exact) mass is 369 g/mol. The number of anilines is 1. The predicted octanol–water partition coefficient (Wildman–Crippen LogP) is 3.55. The Labute approximate surface area is 160 Å². The number of ether oxygens (including phenoxy) is 1. The van der Waals surface area contributed by atoms with Gasteiger partial charge in [-0.3, -0.25) is 4.79 Å². The van der Waals surface area contributed by atoms with Gasteiger partial charge in [0, 0.05) is 30.9 Å². The molecule has 27 heavy (non-hydrogen) atoms. The van der Waals surface area contributed by atoms with Crippen LogP contribution in [0, 0.1) is 0 Å². The van der Waals surface area contributed by atoms with E-state index in [1.807, 2.05) is 30.3 Å². The summed E-state index contributed by atoms with van der Waals surface area (Å²) in [6.45, 7) is 6.75. The Balaban J connectivity index is 1.71. The molecule has 2 aromatic carbocycles. The number of carbonyl (C=O) groups is 2. The van der Waals surface area contributed by atoms with E-state index in [1.54, 1.807) is 32.9 Å². The molecule has 0 heterocycles. The average molecular weight is 369 g/mol. The highest BCUT2D eigenvalue weighted by atomic mass is 16.6. The van der Waals surface area contributed by atoms with Crippen LogP contribution in [-0.4, -0.2) is 30.7 Å². The fraction of sp³-hybridized carbons (Fsp3) is 0.333. The lowest BCUT2D eigenvalue weighted by Gasteiger charge is -2.19. The van der Waals surface area contributed by atoms with Crippen LogP contribution in [0.25, 0.3) is 0 Å². The number of amides is 2. The zero-order valence-corrected chi connectivity index (χ0v) is 16.0. The van der Waals surface area contributed by atoms with Crippen molar-refractivity contribution < 1.29 is 14.3 Å². The summed E-state index contributed by atoms with van der Waals surface area (Å²) in [5.74, 6) is -0.185. The van der Waals surface area contributed by atoms with Crippen LogP contribution in [0.2, 0.25) is 0 Å². The van der Waals surface area contributed by atoms with Crippen molar-refractivity contribution in [3.05, 3.63) is 65.7 Å². The minimum atomic E-state index is -0.538. The summed E-state index contributed by atoms with van der Waals surface area (Å²) in [5.41, 5.74) is 2.17. The van der Waals surface area contributed by atoms with Gasteiger partial charge < -0.3 is 20.7 Å². The first kappa shape index (κ1) is 20.3. The van der Waals surface area contributed by atoms with E-state index in [4.69, 9.17) is 4.74 Å². The number of hydrogen-bond acceptors (Lipinski definition) is 4. The lowest BCUT2D eigenvalue weighted by atomic mass is 10.2. The van der Waals surface area contributed by atoms with Crippen LogP contribution < -0.4 is 16.0 Å². The number of alkyl carbamates (subject to hydrolysis) is 1. The molecule has 144 valence electrons. The fourth-order valence-corrected chi connectivity index (χ4v) is 2.30. The van der Waals surface area contributed by atoms with E-state index >= 15 is 0 Å². The third-order valence-electron chi connectivity index (χ3n) is 3.57. The van der Waals surface area contributed by atoms with Gasteiger partial charge in [-0.15, -0.1) is 0 Å². The lowest BCUT2D eigenvalue weighted by Crippen LogP contribution is -2.37. The molecule has 0 aliphatic heterocycles. The summed E-state index contributed by atoms with van der Waals surface area (Å²) in [6.07, 6.45) is -0.495. The van der Waals surface area contributed by atoms with Crippen LogP contribution in [-0.2, 0) is 11.3 Å². The lowest BCUT2D eigenvalue weighted by molar-refractivity contribution is 0.0526. The smallest absolute Gasteiger partial charge is 0.407 e. The molecule has 0 bridgehead atoms. The summed E-state index contributed by atoms with van der Waals surface area (Å²) >= 11 is 0. The van der Waals surface area contributed by atoms with E-state index in [9.17, 15) is 9.59 Å². The van der Waals surface area contributed by atoms with Crippen molar-refractivity contribution in [1.29, 1.82) is 0 Å². The molecule has 0 atom stereocenters. The Hall–Kier alpha value is -3.02. The zero-order valence-electron chi connectivity index (χ0n) is 16.0. The minimum absolute atomic E-state index is 0.185. The first-order chi connectivity index (χ1) is 12.8. The Morgan fingerprint density at radius 3 is 2.15 bits per heavy atom. The summed E-state index contributed by atoms with van der Waals surface area (Å²) < 4.78 is 5.13. The molecule has 0 aliphatic rings. The van der Waals surface area contributed by atoms with Gasteiger partial charge >= 0.3 is 6.09 Å². The highest BCUT2D eigenvalue weighted by Crippen LogP contribution is 2.11. The van der Waals surface area contributed by atoms with Gasteiger partial charge in [-0.2, -0.15) is 0 Å². The average Bonchev–Trinajstić information content (AvgIpc) is 2.63. The molecule has 0 unspecified atom stereocenters. The van der Waals surface area contributed by atoms with Crippen molar-refractivity contribution in [3.8, 4) is 0 Å². The molecule has 0 aliphatic carbocycles. The quantitative estimate of drug-likeness (QED) is 0.652. The molecule has 0 saturated heterocycles. The highest BCUT2D eigenvalue weighted by molar-refractivity contribution is 5.94. The second kappa shape index (κ2) is 9.62. The van der Waals surface area contributed by atoms with Gasteiger partial charge in [0.2, 0.25) is 0 Å². The summed E-state index contributed by atoms with van der Waals surface area (Å²) in [5, 5.41) is 8.68. The predicted molar refractivity (Wildman–Crippen MR) is 107 cm³/mol. The summed E-state index contributed by atoms with van der Waals surface area (Å²) in [6, 6.07) is 17.4. The summed E-state index contributed by atoms with van der Waals surface area (Å²) in [4.78, 5) is 23.7. The molecule has 2 amide bonds. The second-order valence-electron chi connectivity index (χ2n) is 7.10. The van der Waals surface area contributed by atoms with Crippen molar-refractivity contribution in [1.82, 2.24) is 10.6 Å². The molecular formula is C21H27N3O3. The number of benzene rings is 2. The Morgan fingerprint density at radius 1 is 0.889 bits per heavy atom. The van der Waals surface area contributed by atoms with Crippen LogP contribution >= 0.6 is 0 Å². The minimum Gasteiger partial charge on any atom is -0.444 e. The maximum atomic E-state index is 12.1. The van der Waals surface area contributed by atoms with Crippen LogP contribution in [0.5, 0.6) is 0 Å². The number of nitrogens with one attached hydrogen (secondary N) is 3. The Kier molecular flexibility index (Phi) is 7.23. The van der Waals surface area contributed by atoms with Crippen molar-refractivity contribution in [2.24, 2.45) is 0 Å². The van der Waals surface area contributed by atoms with Gasteiger partial charge in [0.05, 0.1) is 0 Å². The van der Waals surface area contributed by atoms with Gasteiger partial charge in [0.25, 0.3) is 5.91 Å². The first-order valence-electron chi connectivity index (χ1n) is 8.96. The van der Waals surface area contributed by atoms with Gasteiger partial charge in [-0.05, 0) is 50.6 Å². The van der Waals surface area contributed by atoms with Crippen LogP contribution in [0.1, 0.15) is 36.7 Å². The molecular weight excluding hydrogens is 342 g/mol. The number of carbonyl (C=O) groups excluding carboxylic acids is 2. The first-order valence-corrected chi connectivity index (χ1v) is 8.96. The molecule has 0 aromatic heterocycles. The Morgan fingerprint density at radius 2 is 1.52 bits per heavy atom. The number of rotatable bonds is 7. The van der Waals surface area contributed by atoms with E-state index < -0.39 is 11.7 Å². The SMILES string of the molecule is CC(C)(C)OC(=O)NCCNC(=O)c1ccc(NCc2ccccc2)cc1. The molecule has 0 spiro atoms.